The van der Waals surface area contributed by atoms with Crippen molar-refractivity contribution in [2.45, 2.75) is 26.7 Å². The third kappa shape index (κ3) is 4.59. The molecular weight excluding hydrogens is 352 g/mol. The first-order valence-corrected chi connectivity index (χ1v) is 9.05. The van der Waals surface area contributed by atoms with E-state index in [9.17, 15) is 9.59 Å². The first-order chi connectivity index (χ1) is 13.4. The van der Waals surface area contributed by atoms with Crippen LogP contribution in [0, 0.1) is 0 Å². The molecule has 0 spiro atoms. The maximum absolute atomic E-state index is 12.6. The molecule has 1 heterocycles. The highest BCUT2D eigenvalue weighted by atomic mass is 16.2. The number of amides is 1. The number of benzene rings is 2. The number of anilines is 3. The van der Waals surface area contributed by atoms with Crippen LogP contribution in [0.1, 0.15) is 53.1 Å². The number of nitrogens with zero attached hydrogens (tertiary/aromatic N) is 2. The van der Waals surface area contributed by atoms with E-state index >= 15 is 0 Å². The number of rotatable bonds is 6. The SMILES string of the molecule is CC(=O)c1cccc(NC(=O)c2ccnc(Nc3ccccc3C(C)C)n2)c1. The summed E-state index contributed by atoms with van der Waals surface area (Å²) >= 11 is 0. The Bertz CT molecular complexity index is 1010. The van der Waals surface area contributed by atoms with Gasteiger partial charge in [0.05, 0.1) is 0 Å². The number of para-hydroxylation sites is 1. The molecule has 142 valence electrons. The highest BCUT2D eigenvalue weighted by molar-refractivity contribution is 6.04. The van der Waals surface area contributed by atoms with E-state index in [0.717, 1.165) is 11.3 Å². The molecule has 0 bridgehead atoms. The number of hydrogen-bond donors (Lipinski definition) is 2. The molecule has 28 heavy (non-hydrogen) atoms. The second-order valence-electron chi connectivity index (χ2n) is 6.72. The minimum absolute atomic E-state index is 0.0616. The van der Waals surface area contributed by atoms with E-state index in [4.69, 9.17) is 0 Å². The lowest BCUT2D eigenvalue weighted by molar-refractivity contribution is 0.100. The molecular formula is C22H22N4O2. The van der Waals surface area contributed by atoms with Crippen molar-refractivity contribution in [2.75, 3.05) is 10.6 Å². The summed E-state index contributed by atoms with van der Waals surface area (Å²) < 4.78 is 0. The predicted octanol–water partition coefficient (Wildman–Crippen LogP) is 4.80. The van der Waals surface area contributed by atoms with Crippen LogP contribution in [0.2, 0.25) is 0 Å². The molecule has 2 N–H and O–H groups in total. The van der Waals surface area contributed by atoms with Crippen molar-refractivity contribution in [2.24, 2.45) is 0 Å². The van der Waals surface area contributed by atoms with Crippen LogP contribution in [-0.4, -0.2) is 21.7 Å². The van der Waals surface area contributed by atoms with E-state index in [1.165, 1.54) is 13.1 Å². The van der Waals surface area contributed by atoms with Crippen molar-refractivity contribution in [1.82, 2.24) is 9.97 Å². The summed E-state index contributed by atoms with van der Waals surface area (Å²) in [7, 11) is 0. The van der Waals surface area contributed by atoms with Gasteiger partial charge in [-0.05, 0) is 42.7 Å². The van der Waals surface area contributed by atoms with Gasteiger partial charge in [0.1, 0.15) is 5.69 Å². The summed E-state index contributed by atoms with van der Waals surface area (Å²) in [5.41, 5.74) is 3.35. The summed E-state index contributed by atoms with van der Waals surface area (Å²) in [6.45, 7) is 5.71. The fourth-order valence-corrected chi connectivity index (χ4v) is 2.79. The van der Waals surface area contributed by atoms with Gasteiger partial charge in [-0.3, -0.25) is 9.59 Å². The van der Waals surface area contributed by atoms with Crippen LogP contribution < -0.4 is 10.6 Å². The third-order valence-electron chi connectivity index (χ3n) is 4.24. The average Bonchev–Trinajstić information content (AvgIpc) is 2.68. The summed E-state index contributed by atoms with van der Waals surface area (Å²) in [5, 5.41) is 5.96. The fraction of sp³-hybridized carbons (Fsp3) is 0.182. The van der Waals surface area contributed by atoms with Crippen LogP contribution in [0.15, 0.2) is 60.8 Å². The van der Waals surface area contributed by atoms with Crippen molar-refractivity contribution in [3.63, 3.8) is 0 Å². The van der Waals surface area contributed by atoms with Crippen molar-refractivity contribution in [3.8, 4) is 0 Å². The molecule has 0 aliphatic rings. The first-order valence-electron chi connectivity index (χ1n) is 9.05. The number of Topliss-reactive ketones (excluding diaryl/α,β-unsaturated/α-hetero) is 1. The average molecular weight is 374 g/mol. The van der Waals surface area contributed by atoms with E-state index in [-0.39, 0.29) is 17.4 Å². The van der Waals surface area contributed by atoms with Gasteiger partial charge in [0.15, 0.2) is 5.78 Å². The highest BCUT2D eigenvalue weighted by Crippen LogP contribution is 2.25. The number of hydrogen-bond acceptors (Lipinski definition) is 5. The zero-order chi connectivity index (χ0) is 20.1. The summed E-state index contributed by atoms with van der Waals surface area (Å²) in [6.07, 6.45) is 1.54. The van der Waals surface area contributed by atoms with Crippen LogP contribution >= 0.6 is 0 Å². The lowest BCUT2D eigenvalue weighted by Gasteiger charge is -2.13. The topological polar surface area (TPSA) is 84.0 Å². The van der Waals surface area contributed by atoms with E-state index in [2.05, 4.69) is 34.4 Å². The fourth-order valence-electron chi connectivity index (χ4n) is 2.79. The molecule has 0 fully saturated rings. The minimum atomic E-state index is -0.372. The minimum Gasteiger partial charge on any atom is -0.324 e. The van der Waals surface area contributed by atoms with Gasteiger partial charge in [-0.15, -0.1) is 0 Å². The second-order valence-corrected chi connectivity index (χ2v) is 6.72. The van der Waals surface area contributed by atoms with Gasteiger partial charge in [0.25, 0.3) is 5.91 Å². The normalized spacial score (nSPS) is 10.6. The third-order valence-corrected chi connectivity index (χ3v) is 4.24. The Kier molecular flexibility index (Phi) is 5.79. The standard InChI is InChI=1S/C22H22N4O2/c1-14(2)18-9-4-5-10-19(18)25-22-23-12-11-20(26-22)21(28)24-17-8-6-7-16(13-17)15(3)27/h4-14H,1-3H3,(H,24,28)(H,23,25,26). The van der Waals surface area contributed by atoms with E-state index in [1.807, 2.05) is 24.3 Å². The molecule has 2 aromatic carbocycles. The molecule has 0 aliphatic heterocycles. The van der Waals surface area contributed by atoms with Crippen LogP contribution in [0.4, 0.5) is 17.3 Å². The maximum atomic E-state index is 12.6. The Morgan fingerprint density at radius 3 is 2.54 bits per heavy atom. The Labute approximate surface area is 164 Å². The molecule has 0 saturated heterocycles. The van der Waals surface area contributed by atoms with Gasteiger partial charge in [0, 0.05) is 23.1 Å². The van der Waals surface area contributed by atoms with Gasteiger partial charge < -0.3 is 10.6 Å². The van der Waals surface area contributed by atoms with E-state index in [0.29, 0.717) is 23.1 Å². The quantitative estimate of drug-likeness (QED) is 0.606. The van der Waals surface area contributed by atoms with Crippen LogP contribution in [0.25, 0.3) is 0 Å². The highest BCUT2D eigenvalue weighted by Gasteiger charge is 2.12. The molecule has 0 atom stereocenters. The first kappa shape index (κ1) is 19.2. The van der Waals surface area contributed by atoms with Crippen LogP contribution in [0.3, 0.4) is 0 Å². The van der Waals surface area contributed by atoms with Crippen molar-refractivity contribution in [1.29, 1.82) is 0 Å². The van der Waals surface area contributed by atoms with Gasteiger partial charge in [-0.1, -0.05) is 44.2 Å². The smallest absolute Gasteiger partial charge is 0.274 e. The number of ketones is 1. The Morgan fingerprint density at radius 2 is 1.79 bits per heavy atom. The molecule has 0 radical (unpaired) electrons. The summed E-state index contributed by atoms with van der Waals surface area (Å²) in [6, 6.07) is 16.3. The van der Waals surface area contributed by atoms with Crippen LogP contribution in [0.5, 0.6) is 0 Å². The monoisotopic (exact) mass is 374 g/mol. The van der Waals surface area contributed by atoms with Gasteiger partial charge in [-0.2, -0.15) is 0 Å². The number of aromatic nitrogens is 2. The zero-order valence-electron chi connectivity index (χ0n) is 16.1. The molecule has 3 rings (SSSR count). The van der Waals surface area contributed by atoms with Gasteiger partial charge in [0.2, 0.25) is 5.95 Å². The Morgan fingerprint density at radius 1 is 1.00 bits per heavy atom. The zero-order valence-corrected chi connectivity index (χ0v) is 16.1. The summed E-state index contributed by atoms with van der Waals surface area (Å²) in [4.78, 5) is 32.6. The van der Waals surface area contributed by atoms with Crippen LogP contribution in [-0.2, 0) is 0 Å². The molecule has 6 nitrogen and oxygen atoms in total. The number of carbonyl (C=O) groups is 2. The Hall–Kier alpha value is -3.54. The number of carbonyl (C=O) groups excluding carboxylic acids is 2. The molecule has 1 amide bonds. The predicted molar refractivity (Wildman–Crippen MR) is 110 cm³/mol. The molecule has 0 unspecified atom stereocenters. The molecule has 0 aliphatic carbocycles. The molecule has 1 aromatic heterocycles. The largest absolute Gasteiger partial charge is 0.324 e. The van der Waals surface area contributed by atoms with E-state index in [1.54, 1.807) is 30.3 Å². The lowest BCUT2D eigenvalue weighted by Crippen LogP contribution is -2.15. The second kappa shape index (κ2) is 8.43. The van der Waals surface area contributed by atoms with Crippen molar-refractivity contribution < 1.29 is 9.59 Å². The van der Waals surface area contributed by atoms with E-state index < -0.39 is 0 Å². The summed E-state index contributed by atoms with van der Waals surface area (Å²) in [5.74, 6) is 0.249. The van der Waals surface area contributed by atoms with Crippen molar-refractivity contribution >= 4 is 29.0 Å². The van der Waals surface area contributed by atoms with Gasteiger partial charge in [-0.25, -0.2) is 9.97 Å². The molecule has 0 saturated carbocycles. The Balaban J connectivity index is 1.79. The molecule has 6 heteroatoms. The number of nitrogens with one attached hydrogen (secondary N) is 2. The van der Waals surface area contributed by atoms with Crippen molar-refractivity contribution in [3.05, 3.63) is 77.6 Å². The molecule has 3 aromatic rings. The van der Waals surface area contributed by atoms with Gasteiger partial charge >= 0.3 is 0 Å². The lowest BCUT2D eigenvalue weighted by atomic mass is 10.0. The maximum Gasteiger partial charge on any atom is 0.274 e.